The van der Waals surface area contributed by atoms with Gasteiger partial charge in [-0.25, -0.2) is 17.6 Å². The maximum absolute atomic E-state index is 13.5. The van der Waals surface area contributed by atoms with Crippen LogP contribution in [0.2, 0.25) is 0 Å². The Morgan fingerprint density at radius 3 is 2.39 bits per heavy atom. The summed E-state index contributed by atoms with van der Waals surface area (Å²) in [5.41, 5.74) is 2.09. The smallest absolute Gasteiger partial charge is 0.405 e. The highest BCUT2D eigenvalue weighted by Gasteiger charge is 2.33. The van der Waals surface area contributed by atoms with E-state index in [0.717, 1.165) is 29.0 Å². The van der Waals surface area contributed by atoms with Crippen LogP contribution in [0.1, 0.15) is 34.7 Å². The van der Waals surface area contributed by atoms with E-state index in [-0.39, 0.29) is 35.9 Å². The molecule has 202 valence electrons. The summed E-state index contributed by atoms with van der Waals surface area (Å²) in [6.45, 7) is -0.650. The molecule has 1 aromatic heterocycles. The van der Waals surface area contributed by atoms with Gasteiger partial charge in [0.05, 0.1) is 30.6 Å². The quantitative estimate of drug-likeness (QED) is 0.304. The first kappa shape index (κ1) is 26.9. The van der Waals surface area contributed by atoms with Crippen LogP contribution in [-0.2, 0) is 14.8 Å². The van der Waals surface area contributed by atoms with Gasteiger partial charge in [-0.15, -0.1) is 0 Å². The van der Waals surface area contributed by atoms with Crippen LogP contribution >= 0.6 is 0 Å². The molecule has 38 heavy (non-hydrogen) atoms. The Labute approximate surface area is 218 Å². The van der Waals surface area contributed by atoms with Crippen molar-refractivity contribution in [1.82, 2.24) is 16.0 Å². The largest absolute Gasteiger partial charge is 0.465 e. The Morgan fingerprint density at radius 1 is 1.13 bits per heavy atom. The van der Waals surface area contributed by atoms with Crippen molar-refractivity contribution in [3.63, 3.8) is 0 Å². The lowest BCUT2D eigenvalue weighted by atomic mass is 10.0. The van der Waals surface area contributed by atoms with Crippen molar-refractivity contribution >= 4 is 44.6 Å². The minimum atomic E-state index is -3.81. The molecule has 0 atom stereocenters. The molecule has 11 nitrogen and oxygen atoms in total. The number of halogens is 1. The first-order valence-electron chi connectivity index (χ1n) is 11.8. The maximum Gasteiger partial charge on any atom is 0.405 e. The third-order valence-electron chi connectivity index (χ3n) is 6.12. The normalized spacial score (nSPS) is 13.2. The molecule has 1 fully saturated rings. The monoisotopic (exact) mass is 546 g/mol. The lowest BCUT2D eigenvalue weighted by molar-refractivity contribution is -0.120. The minimum Gasteiger partial charge on any atom is -0.465 e. The topological polar surface area (TPSA) is 158 Å². The first-order chi connectivity index (χ1) is 18.0. The van der Waals surface area contributed by atoms with E-state index < -0.39 is 40.3 Å². The summed E-state index contributed by atoms with van der Waals surface area (Å²) in [6, 6.07) is 8.82. The number of amides is 3. The lowest BCUT2D eigenvalue weighted by Gasteiger charge is -2.25. The Kier molecular flexibility index (Phi) is 7.58. The van der Waals surface area contributed by atoms with Crippen LogP contribution in [0.3, 0.4) is 0 Å². The third kappa shape index (κ3) is 5.88. The van der Waals surface area contributed by atoms with Gasteiger partial charge < -0.3 is 25.5 Å². The van der Waals surface area contributed by atoms with E-state index in [0.29, 0.717) is 16.6 Å². The van der Waals surface area contributed by atoms with E-state index >= 15 is 0 Å². The minimum absolute atomic E-state index is 0.0716. The number of rotatable bonds is 10. The van der Waals surface area contributed by atoms with Gasteiger partial charge in [0, 0.05) is 30.6 Å². The molecule has 0 aliphatic heterocycles. The molecule has 4 rings (SSSR count). The van der Waals surface area contributed by atoms with Crippen LogP contribution in [0, 0.1) is 5.82 Å². The Hall–Kier alpha value is -4.13. The predicted octanol–water partition coefficient (Wildman–Crippen LogP) is 2.63. The number of anilines is 1. The zero-order valence-corrected chi connectivity index (χ0v) is 21.5. The Balaban J connectivity index is 1.77. The number of hydrogen-bond donors (Lipinski definition) is 4. The summed E-state index contributed by atoms with van der Waals surface area (Å²) in [5.74, 6) is -1.16. The highest BCUT2D eigenvalue weighted by molar-refractivity contribution is 7.92. The van der Waals surface area contributed by atoms with Crippen molar-refractivity contribution in [3.8, 4) is 11.3 Å². The lowest BCUT2D eigenvalue weighted by Crippen LogP contribution is -2.42. The number of furan rings is 1. The Morgan fingerprint density at radius 2 is 1.82 bits per heavy atom. The zero-order valence-electron chi connectivity index (χ0n) is 20.7. The number of hydrogen-bond acceptors (Lipinski definition) is 6. The number of nitrogens with one attached hydrogen (secondary N) is 3. The molecular weight excluding hydrogens is 519 g/mol. The predicted molar refractivity (Wildman–Crippen MR) is 138 cm³/mol. The number of nitrogens with zero attached hydrogens (tertiary/aromatic N) is 1. The number of carbonyl (C=O) groups excluding carboxylic acids is 2. The van der Waals surface area contributed by atoms with Gasteiger partial charge in [0.15, 0.2) is 0 Å². The zero-order chi connectivity index (χ0) is 27.6. The SMILES string of the molecule is CNC(=O)c1c(-c2ccc(F)cc2)oc2cc(N(CCNC(=O)CNC(=O)O)S(C)(=O)=O)c(C3CC3)cc12. The fourth-order valence-corrected chi connectivity index (χ4v) is 5.16. The molecule has 0 spiro atoms. The molecule has 0 saturated heterocycles. The van der Waals surface area contributed by atoms with Crippen molar-refractivity contribution in [2.24, 2.45) is 0 Å². The van der Waals surface area contributed by atoms with Gasteiger partial charge in [-0.1, -0.05) is 0 Å². The van der Waals surface area contributed by atoms with Crippen LogP contribution < -0.4 is 20.3 Å². The summed E-state index contributed by atoms with van der Waals surface area (Å²) in [6.07, 6.45) is 1.37. The second-order valence-corrected chi connectivity index (χ2v) is 10.8. The van der Waals surface area contributed by atoms with E-state index in [9.17, 15) is 27.2 Å². The number of benzene rings is 2. The molecular formula is C25H27FN4O7S. The summed E-state index contributed by atoms with van der Waals surface area (Å²) in [4.78, 5) is 35.4. The van der Waals surface area contributed by atoms with Crippen molar-refractivity contribution in [1.29, 1.82) is 0 Å². The van der Waals surface area contributed by atoms with E-state index in [1.54, 1.807) is 12.1 Å². The maximum atomic E-state index is 13.5. The Bertz CT molecular complexity index is 1500. The molecule has 4 N–H and O–H groups in total. The second kappa shape index (κ2) is 10.7. The average molecular weight is 547 g/mol. The van der Waals surface area contributed by atoms with Gasteiger partial charge in [0.2, 0.25) is 15.9 Å². The molecule has 1 aliphatic rings. The number of fused-ring (bicyclic) bond motifs is 1. The van der Waals surface area contributed by atoms with Crippen LogP contribution in [0.4, 0.5) is 14.9 Å². The van der Waals surface area contributed by atoms with E-state index in [4.69, 9.17) is 9.52 Å². The van der Waals surface area contributed by atoms with Crippen LogP contribution in [-0.4, -0.2) is 64.4 Å². The van der Waals surface area contributed by atoms with E-state index in [1.807, 2.05) is 5.32 Å². The molecule has 0 radical (unpaired) electrons. The van der Waals surface area contributed by atoms with Gasteiger partial charge >= 0.3 is 6.09 Å². The highest BCUT2D eigenvalue weighted by atomic mass is 32.2. The van der Waals surface area contributed by atoms with Gasteiger partial charge in [-0.3, -0.25) is 13.9 Å². The van der Waals surface area contributed by atoms with Crippen LogP contribution in [0.5, 0.6) is 0 Å². The van der Waals surface area contributed by atoms with Crippen LogP contribution in [0.15, 0.2) is 40.8 Å². The molecule has 2 aromatic carbocycles. The van der Waals surface area contributed by atoms with Gasteiger partial charge in [0.25, 0.3) is 5.91 Å². The van der Waals surface area contributed by atoms with Gasteiger partial charge in [0.1, 0.15) is 17.2 Å². The first-order valence-corrected chi connectivity index (χ1v) is 13.6. The third-order valence-corrected chi connectivity index (χ3v) is 7.30. The molecule has 0 bridgehead atoms. The summed E-state index contributed by atoms with van der Waals surface area (Å²) in [7, 11) is -2.33. The van der Waals surface area contributed by atoms with Crippen molar-refractivity contribution in [2.45, 2.75) is 18.8 Å². The summed E-state index contributed by atoms with van der Waals surface area (Å²) in [5, 5.41) is 16.2. The number of sulfonamides is 1. The molecule has 0 unspecified atom stereocenters. The summed E-state index contributed by atoms with van der Waals surface area (Å²) >= 11 is 0. The van der Waals surface area contributed by atoms with Crippen molar-refractivity contribution in [3.05, 3.63) is 53.3 Å². The highest BCUT2D eigenvalue weighted by Crippen LogP contribution is 2.48. The average Bonchev–Trinajstić information content (AvgIpc) is 3.64. The van der Waals surface area contributed by atoms with Gasteiger partial charge in [-0.2, -0.15) is 0 Å². The van der Waals surface area contributed by atoms with Gasteiger partial charge in [-0.05, 0) is 54.7 Å². The molecule has 13 heteroatoms. The molecule has 3 amide bonds. The molecule has 1 heterocycles. The van der Waals surface area contributed by atoms with Crippen molar-refractivity contribution in [2.75, 3.05) is 37.2 Å². The molecule has 3 aromatic rings. The second-order valence-electron chi connectivity index (χ2n) is 8.92. The van der Waals surface area contributed by atoms with Crippen LogP contribution in [0.25, 0.3) is 22.3 Å². The fourth-order valence-electron chi connectivity index (χ4n) is 4.22. The summed E-state index contributed by atoms with van der Waals surface area (Å²) < 4.78 is 46.4. The number of carboxylic acid groups (broad SMARTS) is 1. The fraction of sp³-hybridized carbons (Fsp3) is 0.320. The molecule has 1 aliphatic carbocycles. The molecule has 1 saturated carbocycles. The van der Waals surface area contributed by atoms with E-state index in [1.165, 1.54) is 31.3 Å². The number of carbonyl (C=O) groups is 3. The standard InChI is InChI=1S/C25H27FN4O7S/c1-27-24(32)22-18-11-17(14-3-4-14)19(12-20(18)37-23(22)15-5-7-16(26)8-6-15)30(38(2,35)36)10-9-28-21(31)13-29-25(33)34/h5-8,11-12,14,29H,3-4,9-10,13H2,1-2H3,(H,27,32)(H,28,31)(H,33,34). The van der Waals surface area contributed by atoms with E-state index in [2.05, 4.69) is 10.6 Å². The van der Waals surface area contributed by atoms with Crippen molar-refractivity contribution < 1.29 is 36.7 Å².